The standard InChI is InChI=1S/C32H42FN3O7/c1-7-40-25-16-21-17-36(31(34)27(21)28(33)30(25)42-9-3)18-24(37)20-14-22(32(4,5)6)29(43-19-26(38)41-8-2)23(15-20)35-10-12-39-13-11-35/h14-16,34H,7-13,17-19H2,1-6H3. The molecule has 234 valence electrons. The van der Waals surface area contributed by atoms with Gasteiger partial charge in [-0.15, -0.1) is 0 Å². The van der Waals surface area contributed by atoms with Crippen LogP contribution in [0.1, 0.15) is 68.6 Å². The van der Waals surface area contributed by atoms with Crippen LogP contribution in [0.5, 0.6) is 17.2 Å². The average Bonchev–Trinajstić information content (AvgIpc) is 3.28. The van der Waals surface area contributed by atoms with E-state index in [-0.39, 0.29) is 61.6 Å². The van der Waals surface area contributed by atoms with Crippen molar-refractivity contribution in [2.24, 2.45) is 0 Å². The zero-order valence-corrected chi connectivity index (χ0v) is 25.9. The van der Waals surface area contributed by atoms with Crippen molar-refractivity contribution in [3.63, 3.8) is 0 Å². The lowest BCUT2D eigenvalue weighted by molar-refractivity contribution is -0.145. The smallest absolute Gasteiger partial charge is 0.344 e. The van der Waals surface area contributed by atoms with Gasteiger partial charge in [0, 0.05) is 30.8 Å². The molecule has 0 spiro atoms. The number of carbonyl (C=O) groups excluding carboxylic acids is 2. The van der Waals surface area contributed by atoms with Gasteiger partial charge in [0.2, 0.25) is 0 Å². The molecule has 1 fully saturated rings. The van der Waals surface area contributed by atoms with Crippen molar-refractivity contribution in [3.05, 3.63) is 46.3 Å². The maximum atomic E-state index is 15.6. The second-order valence-electron chi connectivity index (χ2n) is 11.4. The third-order valence-corrected chi connectivity index (χ3v) is 7.30. The van der Waals surface area contributed by atoms with Crippen LogP contribution >= 0.6 is 0 Å². The van der Waals surface area contributed by atoms with E-state index in [1.165, 1.54) is 0 Å². The summed E-state index contributed by atoms with van der Waals surface area (Å²) in [6, 6.07) is 5.26. The number of rotatable bonds is 12. The van der Waals surface area contributed by atoms with E-state index in [0.717, 1.165) is 5.56 Å². The Kier molecular flexibility index (Phi) is 10.2. The lowest BCUT2D eigenvalue weighted by Gasteiger charge is -2.33. The van der Waals surface area contributed by atoms with Crippen LogP contribution in [0, 0.1) is 11.2 Å². The number of ketones is 1. The van der Waals surface area contributed by atoms with Gasteiger partial charge < -0.3 is 33.5 Å². The lowest BCUT2D eigenvalue weighted by atomic mass is 9.84. The minimum absolute atomic E-state index is 0.0237. The Hall–Kier alpha value is -3.86. The molecule has 0 saturated carbocycles. The van der Waals surface area contributed by atoms with Crippen molar-refractivity contribution in [1.82, 2.24) is 4.90 Å². The van der Waals surface area contributed by atoms with E-state index in [4.69, 9.17) is 29.1 Å². The number of benzene rings is 2. The molecule has 4 rings (SSSR count). The van der Waals surface area contributed by atoms with E-state index in [1.807, 2.05) is 20.8 Å². The molecule has 2 heterocycles. The number of carbonyl (C=O) groups is 2. The van der Waals surface area contributed by atoms with Gasteiger partial charge in [0.15, 0.2) is 29.7 Å². The number of anilines is 1. The molecule has 0 unspecified atom stereocenters. The number of nitrogens with one attached hydrogen (secondary N) is 1. The van der Waals surface area contributed by atoms with Crippen molar-refractivity contribution >= 4 is 23.3 Å². The number of halogens is 1. The first-order chi connectivity index (χ1) is 20.5. The van der Waals surface area contributed by atoms with Gasteiger partial charge >= 0.3 is 5.97 Å². The molecule has 0 bridgehead atoms. The molecule has 0 aromatic heterocycles. The quantitative estimate of drug-likeness (QED) is 0.274. The summed E-state index contributed by atoms with van der Waals surface area (Å²) in [6.45, 7) is 14.2. The highest BCUT2D eigenvalue weighted by molar-refractivity contribution is 6.06. The Bertz CT molecular complexity index is 1370. The van der Waals surface area contributed by atoms with Crippen LogP contribution in [-0.2, 0) is 26.2 Å². The maximum Gasteiger partial charge on any atom is 0.344 e. The summed E-state index contributed by atoms with van der Waals surface area (Å²) in [4.78, 5) is 29.7. The molecule has 1 N–H and O–H groups in total. The van der Waals surface area contributed by atoms with Gasteiger partial charge in [-0.2, -0.15) is 0 Å². The van der Waals surface area contributed by atoms with Gasteiger partial charge in [-0.25, -0.2) is 9.18 Å². The van der Waals surface area contributed by atoms with Gasteiger partial charge in [-0.05, 0) is 49.9 Å². The Morgan fingerprint density at radius 2 is 1.67 bits per heavy atom. The SMILES string of the molecule is CCOC(=O)COc1c(N2CCOCC2)cc(C(=O)CN2Cc3cc(OCC)c(OCC)c(F)c3C2=N)cc1C(C)(C)C. The van der Waals surface area contributed by atoms with Crippen molar-refractivity contribution in [3.8, 4) is 17.2 Å². The van der Waals surface area contributed by atoms with Crippen LogP contribution in [0.4, 0.5) is 10.1 Å². The maximum absolute atomic E-state index is 15.6. The molecule has 11 heteroatoms. The van der Waals surface area contributed by atoms with Gasteiger partial charge in [0.25, 0.3) is 0 Å². The first-order valence-electron chi connectivity index (χ1n) is 14.8. The largest absolute Gasteiger partial charge is 0.490 e. The highest BCUT2D eigenvalue weighted by Gasteiger charge is 2.34. The summed E-state index contributed by atoms with van der Waals surface area (Å²) >= 11 is 0. The van der Waals surface area contributed by atoms with E-state index in [9.17, 15) is 9.59 Å². The molecular formula is C32H42FN3O7. The fourth-order valence-corrected chi connectivity index (χ4v) is 5.28. The Morgan fingerprint density at radius 1 is 0.977 bits per heavy atom. The van der Waals surface area contributed by atoms with Crippen LogP contribution < -0.4 is 19.1 Å². The van der Waals surface area contributed by atoms with E-state index in [1.54, 1.807) is 43.9 Å². The number of nitrogens with zero attached hydrogens (tertiary/aromatic N) is 2. The lowest BCUT2D eigenvalue weighted by Crippen LogP contribution is -2.37. The number of hydrogen-bond donors (Lipinski definition) is 1. The van der Waals surface area contributed by atoms with E-state index in [2.05, 4.69) is 4.90 Å². The predicted octanol–water partition coefficient (Wildman–Crippen LogP) is 4.72. The summed E-state index contributed by atoms with van der Waals surface area (Å²) in [5.74, 6) is -0.664. The van der Waals surface area contributed by atoms with Crippen molar-refractivity contribution < 1.29 is 37.7 Å². The van der Waals surface area contributed by atoms with E-state index in [0.29, 0.717) is 55.5 Å². The third-order valence-electron chi connectivity index (χ3n) is 7.30. The average molecular weight is 600 g/mol. The van der Waals surface area contributed by atoms with Gasteiger partial charge in [0.05, 0.1) is 50.8 Å². The number of amidine groups is 1. The van der Waals surface area contributed by atoms with Crippen LogP contribution in [0.15, 0.2) is 18.2 Å². The molecular weight excluding hydrogens is 557 g/mol. The molecule has 0 atom stereocenters. The summed E-state index contributed by atoms with van der Waals surface area (Å²) < 4.78 is 43.4. The highest BCUT2D eigenvalue weighted by Crippen LogP contribution is 2.42. The van der Waals surface area contributed by atoms with Gasteiger partial charge in [0.1, 0.15) is 11.6 Å². The molecule has 10 nitrogen and oxygen atoms in total. The van der Waals surface area contributed by atoms with E-state index >= 15 is 4.39 Å². The number of esters is 1. The minimum atomic E-state index is -0.657. The highest BCUT2D eigenvalue weighted by atomic mass is 19.1. The molecule has 2 aromatic rings. The molecule has 2 aliphatic heterocycles. The molecule has 1 saturated heterocycles. The molecule has 0 radical (unpaired) electrons. The molecule has 2 aliphatic rings. The molecule has 2 aromatic carbocycles. The second-order valence-corrected chi connectivity index (χ2v) is 11.4. The number of hydrogen-bond acceptors (Lipinski definition) is 9. The Morgan fingerprint density at radius 3 is 2.30 bits per heavy atom. The number of ether oxygens (including phenoxy) is 5. The fraction of sp³-hybridized carbons (Fsp3) is 0.531. The van der Waals surface area contributed by atoms with E-state index < -0.39 is 17.2 Å². The van der Waals surface area contributed by atoms with Crippen LogP contribution in [-0.4, -0.2) is 81.8 Å². The summed E-state index contributed by atoms with van der Waals surface area (Å²) in [5.41, 5.74) is 2.13. The Labute approximate surface area is 252 Å². The zero-order valence-electron chi connectivity index (χ0n) is 25.9. The summed E-state index contributed by atoms with van der Waals surface area (Å²) in [5, 5.41) is 8.74. The monoisotopic (exact) mass is 599 g/mol. The van der Waals surface area contributed by atoms with Crippen LogP contribution in [0.3, 0.4) is 0 Å². The van der Waals surface area contributed by atoms with Crippen molar-refractivity contribution in [2.75, 3.05) is 64.2 Å². The number of fused-ring (bicyclic) bond motifs is 1. The third kappa shape index (κ3) is 7.04. The first-order valence-corrected chi connectivity index (χ1v) is 14.8. The zero-order chi connectivity index (χ0) is 31.3. The van der Waals surface area contributed by atoms with Crippen LogP contribution in [0.25, 0.3) is 0 Å². The van der Waals surface area contributed by atoms with Crippen molar-refractivity contribution in [2.45, 2.75) is 53.5 Å². The summed E-state index contributed by atoms with van der Waals surface area (Å²) in [6.07, 6.45) is 0. The van der Waals surface area contributed by atoms with Crippen molar-refractivity contribution in [1.29, 1.82) is 5.41 Å². The van der Waals surface area contributed by atoms with Gasteiger partial charge in [-0.1, -0.05) is 20.8 Å². The number of morpholine rings is 1. The Balaban J connectivity index is 1.68. The normalized spacial score (nSPS) is 14.9. The summed E-state index contributed by atoms with van der Waals surface area (Å²) in [7, 11) is 0. The minimum Gasteiger partial charge on any atom is -0.490 e. The topological polar surface area (TPSA) is 111 Å². The fourth-order valence-electron chi connectivity index (χ4n) is 5.28. The number of Topliss-reactive ketones (excluding diaryl/α,β-unsaturated/α-hetero) is 1. The molecule has 43 heavy (non-hydrogen) atoms. The van der Waals surface area contributed by atoms with Gasteiger partial charge in [-0.3, -0.25) is 10.2 Å². The first kappa shape index (κ1) is 32.1. The predicted molar refractivity (Wildman–Crippen MR) is 161 cm³/mol. The van der Waals surface area contributed by atoms with Crippen LogP contribution in [0.2, 0.25) is 0 Å². The molecule has 0 aliphatic carbocycles. The second kappa shape index (κ2) is 13.6. The molecule has 0 amide bonds.